The molecule has 0 unspecified atom stereocenters. The summed E-state index contributed by atoms with van der Waals surface area (Å²) in [6.07, 6.45) is 4.24. The lowest BCUT2D eigenvalue weighted by molar-refractivity contribution is -0.122. The van der Waals surface area contributed by atoms with Crippen LogP contribution < -0.4 is 5.32 Å². The fourth-order valence-corrected chi connectivity index (χ4v) is 2.87. The van der Waals surface area contributed by atoms with E-state index in [-0.39, 0.29) is 11.8 Å². The molecule has 2 aliphatic carbocycles. The third-order valence-electron chi connectivity index (χ3n) is 4.37. The van der Waals surface area contributed by atoms with E-state index in [9.17, 15) is 4.79 Å². The Morgan fingerprint density at radius 1 is 1.42 bits per heavy atom. The minimum Gasteiger partial charge on any atom is -0.441 e. The Balaban J connectivity index is 1.33. The average molecular weight is 256 g/mol. The van der Waals surface area contributed by atoms with Gasteiger partial charge in [0.15, 0.2) is 11.5 Å². The lowest BCUT2D eigenvalue weighted by Gasteiger charge is -2.01. The van der Waals surface area contributed by atoms with E-state index in [1.165, 1.54) is 12.8 Å². The van der Waals surface area contributed by atoms with Gasteiger partial charge in [0, 0.05) is 18.9 Å². The first kappa shape index (κ1) is 11.0. The molecule has 1 aromatic heterocycles. The summed E-state index contributed by atoms with van der Waals surface area (Å²) in [7, 11) is 0. The van der Waals surface area contributed by atoms with Crippen LogP contribution in [0, 0.1) is 11.3 Å². The highest BCUT2D eigenvalue weighted by molar-refractivity contribution is 5.83. The van der Waals surface area contributed by atoms with Crippen molar-refractivity contribution in [3.63, 3.8) is 0 Å². The van der Waals surface area contributed by atoms with Gasteiger partial charge >= 0.3 is 0 Å². The quantitative estimate of drug-likeness (QED) is 0.913. The van der Waals surface area contributed by atoms with E-state index < -0.39 is 0 Å². The molecule has 0 bridgehead atoms. The van der Waals surface area contributed by atoms with Gasteiger partial charge in [-0.1, -0.05) is 12.1 Å². The standard InChI is InChI=1S/C15H16N2O2/c18-14(10-9-15(10)6-7-15)16-8-5-13-17-11-3-1-2-4-12(11)19-13/h1-4,10H,5-9H2,(H,16,18)/t10-/m1/s1. The third kappa shape index (κ3) is 1.91. The number of carbonyl (C=O) groups excluding carboxylic acids is 1. The molecule has 1 amide bonds. The number of aromatic nitrogens is 1. The molecule has 4 heteroatoms. The van der Waals surface area contributed by atoms with Crippen molar-refractivity contribution in [3.05, 3.63) is 30.2 Å². The first-order valence-electron chi connectivity index (χ1n) is 6.89. The van der Waals surface area contributed by atoms with E-state index in [4.69, 9.17) is 4.42 Å². The maximum absolute atomic E-state index is 11.9. The largest absolute Gasteiger partial charge is 0.441 e. The number of rotatable bonds is 4. The predicted octanol–water partition coefficient (Wildman–Crippen LogP) is 2.29. The molecule has 1 heterocycles. The van der Waals surface area contributed by atoms with Crippen LogP contribution >= 0.6 is 0 Å². The molecule has 2 fully saturated rings. The van der Waals surface area contributed by atoms with Crippen LogP contribution in [0.3, 0.4) is 0 Å². The summed E-state index contributed by atoms with van der Waals surface area (Å²) >= 11 is 0. The van der Waals surface area contributed by atoms with Crippen molar-refractivity contribution in [1.29, 1.82) is 0 Å². The van der Waals surface area contributed by atoms with Crippen molar-refractivity contribution >= 4 is 17.0 Å². The van der Waals surface area contributed by atoms with E-state index in [0.29, 0.717) is 24.3 Å². The molecule has 0 aliphatic heterocycles. The van der Waals surface area contributed by atoms with Gasteiger partial charge in [0.2, 0.25) is 5.91 Å². The Morgan fingerprint density at radius 2 is 2.26 bits per heavy atom. The Labute approximate surface area is 111 Å². The zero-order valence-electron chi connectivity index (χ0n) is 10.7. The van der Waals surface area contributed by atoms with Gasteiger partial charge in [-0.15, -0.1) is 0 Å². The Morgan fingerprint density at radius 3 is 3.00 bits per heavy atom. The van der Waals surface area contributed by atoms with E-state index >= 15 is 0 Å². The maximum atomic E-state index is 11.9. The summed E-state index contributed by atoms with van der Waals surface area (Å²) in [6.45, 7) is 0.609. The normalized spacial score (nSPS) is 22.6. The predicted molar refractivity (Wildman–Crippen MR) is 70.5 cm³/mol. The van der Waals surface area contributed by atoms with Gasteiger partial charge in [-0.05, 0) is 36.8 Å². The number of carbonyl (C=O) groups is 1. The molecule has 1 spiro atoms. The van der Waals surface area contributed by atoms with Crippen molar-refractivity contribution in [2.24, 2.45) is 11.3 Å². The lowest BCUT2D eigenvalue weighted by Crippen LogP contribution is -2.27. The summed E-state index contributed by atoms with van der Waals surface area (Å²) in [5, 5.41) is 2.99. The van der Waals surface area contributed by atoms with E-state index in [0.717, 1.165) is 17.5 Å². The van der Waals surface area contributed by atoms with Gasteiger partial charge in [0.1, 0.15) is 5.52 Å². The van der Waals surface area contributed by atoms with Crippen molar-refractivity contribution < 1.29 is 9.21 Å². The highest BCUT2D eigenvalue weighted by atomic mass is 16.3. The SMILES string of the molecule is O=C(NCCc1nc2ccccc2o1)[C@H]1CC12CC2. The molecular formula is C15H16N2O2. The average Bonchev–Trinajstić information content (AvgIpc) is 3.30. The van der Waals surface area contributed by atoms with Crippen LogP contribution in [-0.2, 0) is 11.2 Å². The Bertz CT molecular complexity index is 609. The number of nitrogens with zero attached hydrogens (tertiary/aromatic N) is 1. The van der Waals surface area contributed by atoms with Gasteiger partial charge in [-0.3, -0.25) is 4.79 Å². The van der Waals surface area contributed by atoms with Crippen molar-refractivity contribution in [1.82, 2.24) is 10.3 Å². The lowest BCUT2D eigenvalue weighted by atomic mass is 10.3. The number of hydrogen-bond acceptors (Lipinski definition) is 3. The van der Waals surface area contributed by atoms with E-state index in [1.54, 1.807) is 0 Å². The summed E-state index contributed by atoms with van der Waals surface area (Å²) < 4.78 is 5.62. The number of hydrogen-bond donors (Lipinski definition) is 1. The molecule has 98 valence electrons. The second kappa shape index (κ2) is 3.83. The molecule has 4 nitrogen and oxygen atoms in total. The molecule has 1 atom stereocenters. The van der Waals surface area contributed by atoms with Gasteiger partial charge in [-0.25, -0.2) is 4.98 Å². The molecule has 1 aromatic carbocycles. The van der Waals surface area contributed by atoms with Gasteiger partial charge in [-0.2, -0.15) is 0 Å². The smallest absolute Gasteiger partial charge is 0.223 e. The monoisotopic (exact) mass is 256 g/mol. The van der Waals surface area contributed by atoms with Crippen LogP contribution in [-0.4, -0.2) is 17.4 Å². The van der Waals surface area contributed by atoms with E-state index in [2.05, 4.69) is 10.3 Å². The van der Waals surface area contributed by atoms with Crippen LogP contribution in [0.4, 0.5) is 0 Å². The first-order chi connectivity index (χ1) is 9.27. The number of nitrogens with one attached hydrogen (secondary N) is 1. The highest BCUT2D eigenvalue weighted by Gasteiger charge is 2.65. The van der Waals surface area contributed by atoms with Crippen molar-refractivity contribution in [3.8, 4) is 0 Å². The molecule has 4 rings (SSSR count). The van der Waals surface area contributed by atoms with Gasteiger partial charge < -0.3 is 9.73 Å². The number of oxazole rings is 1. The van der Waals surface area contributed by atoms with Crippen LogP contribution in [0.15, 0.2) is 28.7 Å². The molecule has 0 radical (unpaired) electrons. The zero-order chi connectivity index (χ0) is 12.9. The van der Waals surface area contributed by atoms with Crippen LogP contribution in [0.1, 0.15) is 25.2 Å². The van der Waals surface area contributed by atoms with Crippen LogP contribution in [0.25, 0.3) is 11.1 Å². The molecule has 0 saturated heterocycles. The fraction of sp³-hybridized carbons (Fsp3) is 0.467. The number of amides is 1. The van der Waals surface area contributed by atoms with Crippen LogP contribution in [0.5, 0.6) is 0 Å². The Hall–Kier alpha value is -1.84. The molecule has 2 aromatic rings. The number of fused-ring (bicyclic) bond motifs is 1. The number of benzene rings is 1. The molecule has 2 aliphatic rings. The maximum Gasteiger partial charge on any atom is 0.223 e. The number of para-hydroxylation sites is 2. The molecule has 1 N–H and O–H groups in total. The minimum atomic E-state index is 0.216. The second-order valence-corrected chi connectivity index (χ2v) is 5.74. The Kier molecular flexibility index (Phi) is 2.22. The van der Waals surface area contributed by atoms with Gasteiger partial charge in [0.25, 0.3) is 0 Å². The summed E-state index contributed by atoms with van der Waals surface area (Å²) in [5.74, 6) is 1.20. The molecule has 2 saturated carbocycles. The van der Waals surface area contributed by atoms with E-state index in [1.807, 2.05) is 24.3 Å². The second-order valence-electron chi connectivity index (χ2n) is 5.74. The van der Waals surface area contributed by atoms with Gasteiger partial charge in [0.05, 0.1) is 0 Å². The zero-order valence-corrected chi connectivity index (χ0v) is 10.7. The summed E-state index contributed by atoms with van der Waals surface area (Å²) in [4.78, 5) is 16.3. The topological polar surface area (TPSA) is 55.1 Å². The summed E-state index contributed by atoms with van der Waals surface area (Å²) in [6, 6.07) is 7.72. The highest BCUT2D eigenvalue weighted by Crippen LogP contribution is 2.70. The molecular weight excluding hydrogens is 240 g/mol. The fourth-order valence-electron chi connectivity index (χ4n) is 2.87. The first-order valence-corrected chi connectivity index (χ1v) is 6.89. The molecule has 19 heavy (non-hydrogen) atoms. The third-order valence-corrected chi connectivity index (χ3v) is 4.37. The summed E-state index contributed by atoms with van der Waals surface area (Å²) in [5.41, 5.74) is 2.12. The van der Waals surface area contributed by atoms with Crippen molar-refractivity contribution in [2.45, 2.75) is 25.7 Å². The minimum absolute atomic E-state index is 0.216. The van der Waals surface area contributed by atoms with Crippen LogP contribution in [0.2, 0.25) is 0 Å². The van der Waals surface area contributed by atoms with Crippen molar-refractivity contribution in [2.75, 3.05) is 6.54 Å².